The standard InChI is InChI=1S/C19H11BrO4/c1-2-9-23-18(21)13-7-8-16(20)14(11-13)15-10-12-5-3-4-6-17(12)24-19(15)22/h1,3-8,10-11H,9H2. The van der Waals surface area contributed by atoms with Crippen molar-refractivity contribution >= 4 is 32.9 Å². The molecule has 4 nitrogen and oxygen atoms in total. The molecule has 0 saturated heterocycles. The number of benzene rings is 2. The monoisotopic (exact) mass is 382 g/mol. The van der Waals surface area contributed by atoms with Gasteiger partial charge in [0, 0.05) is 15.4 Å². The summed E-state index contributed by atoms with van der Waals surface area (Å²) in [5.74, 6) is 1.69. The molecule has 5 heteroatoms. The van der Waals surface area contributed by atoms with Crippen molar-refractivity contribution < 1.29 is 13.9 Å². The number of ether oxygens (including phenoxy) is 1. The van der Waals surface area contributed by atoms with Crippen LogP contribution in [0.1, 0.15) is 10.4 Å². The van der Waals surface area contributed by atoms with E-state index in [4.69, 9.17) is 15.6 Å². The molecule has 0 unspecified atom stereocenters. The average Bonchev–Trinajstić information content (AvgIpc) is 2.59. The molecular weight excluding hydrogens is 372 g/mol. The van der Waals surface area contributed by atoms with Gasteiger partial charge in [-0.1, -0.05) is 40.0 Å². The van der Waals surface area contributed by atoms with Crippen LogP contribution in [0.25, 0.3) is 22.1 Å². The molecule has 3 aromatic rings. The van der Waals surface area contributed by atoms with Gasteiger partial charge in [0.15, 0.2) is 6.61 Å². The van der Waals surface area contributed by atoms with Crippen molar-refractivity contribution in [2.75, 3.05) is 6.61 Å². The summed E-state index contributed by atoms with van der Waals surface area (Å²) in [4.78, 5) is 24.3. The van der Waals surface area contributed by atoms with Crippen molar-refractivity contribution in [2.45, 2.75) is 0 Å². The summed E-state index contributed by atoms with van der Waals surface area (Å²) in [6.07, 6.45) is 5.08. The van der Waals surface area contributed by atoms with Gasteiger partial charge in [0.1, 0.15) is 5.58 Å². The molecule has 0 fully saturated rings. The van der Waals surface area contributed by atoms with E-state index in [1.165, 1.54) is 0 Å². The third-order valence-corrected chi connectivity index (χ3v) is 4.11. The van der Waals surface area contributed by atoms with E-state index in [0.29, 0.717) is 26.7 Å². The van der Waals surface area contributed by atoms with Crippen LogP contribution >= 0.6 is 15.9 Å². The van der Waals surface area contributed by atoms with Crippen molar-refractivity contribution in [3.63, 3.8) is 0 Å². The SMILES string of the molecule is C#CCOC(=O)c1ccc(Br)c(-c2cc3ccccc3oc2=O)c1. The molecule has 0 aliphatic carbocycles. The third-order valence-electron chi connectivity index (χ3n) is 3.42. The lowest BCUT2D eigenvalue weighted by Crippen LogP contribution is -2.07. The highest BCUT2D eigenvalue weighted by Crippen LogP contribution is 2.29. The highest BCUT2D eigenvalue weighted by atomic mass is 79.9. The average molecular weight is 383 g/mol. The fraction of sp³-hybridized carbons (Fsp3) is 0.0526. The van der Waals surface area contributed by atoms with Crippen LogP contribution in [-0.2, 0) is 4.74 Å². The van der Waals surface area contributed by atoms with Crippen LogP contribution in [0, 0.1) is 12.3 Å². The minimum absolute atomic E-state index is 0.109. The van der Waals surface area contributed by atoms with Gasteiger partial charge in [0.05, 0.1) is 11.1 Å². The first kappa shape index (κ1) is 16.0. The van der Waals surface area contributed by atoms with Gasteiger partial charge < -0.3 is 9.15 Å². The van der Waals surface area contributed by atoms with Gasteiger partial charge in [-0.05, 0) is 30.3 Å². The fourth-order valence-electron chi connectivity index (χ4n) is 2.30. The van der Waals surface area contributed by atoms with Crippen molar-refractivity contribution in [3.05, 3.63) is 69.0 Å². The molecule has 0 bridgehead atoms. The van der Waals surface area contributed by atoms with Crippen LogP contribution < -0.4 is 5.63 Å². The van der Waals surface area contributed by atoms with E-state index in [0.717, 1.165) is 5.39 Å². The van der Waals surface area contributed by atoms with Gasteiger partial charge in [0.2, 0.25) is 0 Å². The largest absolute Gasteiger partial charge is 0.449 e. The summed E-state index contributed by atoms with van der Waals surface area (Å²) in [5.41, 5.74) is 1.23. The molecule has 1 aromatic heterocycles. The molecule has 24 heavy (non-hydrogen) atoms. The van der Waals surface area contributed by atoms with Gasteiger partial charge in [-0.15, -0.1) is 6.42 Å². The summed E-state index contributed by atoms with van der Waals surface area (Å²) < 4.78 is 10.9. The second-order valence-corrected chi connectivity index (χ2v) is 5.81. The van der Waals surface area contributed by atoms with E-state index in [2.05, 4.69) is 21.9 Å². The number of carbonyl (C=O) groups is 1. The summed E-state index contributed by atoms with van der Waals surface area (Å²) in [6, 6.07) is 13.8. The molecule has 2 aromatic carbocycles. The minimum Gasteiger partial charge on any atom is -0.449 e. The highest BCUT2D eigenvalue weighted by molar-refractivity contribution is 9.10. The van der Waals surface area contributed by atoms with Crippen LogP contribution in [0.2, 0.25) is 0 Å². The zero-order chi connectivity index (χ0) is 17.1. The van der Waals surface area contributed by atoms with E-state index < -0.39 is 11.6 Å². The number of hydrogen-bond acceptors (Lipinski definition) is 4. The molecular formula is C19H11BrO4. The van der Waals surface area contributed by atoms with Crippen molar-refractivity contribution in [2.24, 2.45) is 0 Å². The number of fused-ring (bicyclic) bond motifs is 1. The Bertz CT molecular complexity index is 1030. The second kappa shape index (κ2) is 6.73. The Hall–Kier alpha value is -2.84. The van der Waals surface area contributed by atoms with E-state index in [9.17, 15) is 9.59 Å². The van der Waals surface area contributed by atoms with Crippen LogP contribution in [-0.4, -0.2) is 12.6 Å². The summed E-state index contributed by atoms with van der Waals surface area (Å²) >= 11 is 3.40. The van der Waals surface area contributed by atoms with E-state index in [1.54, 1.807) is 36.4 Å². The molecule has 0 radical (unpaired) electrons. The normalized spacial score (nSPS) is 10.3. The quantitative estimate of drug-likeness (QED) is 0.390. The fourth-order valence-corrected chi connectivity index (χ4v) is 2.76. The van der Waals surface area contributed by atoms with Gasteiger partial charge in [-0.25, -0.2) is 9.59 Å². The van der Waals surface area contributed by atoms with Crippen LogP contribution in [0.15, 0.2) is 62.2 Å². The Morgan fingerprint density at radius 3 is 2.75 bits per heavy atom. The first-order valence-corrected chi connectivity index (χ1v) is 7.83. The van der Waals surface area contributed by atoms with Crippen LogP contribution in [0.3, 0.4) is 0 Å². The van der Waals surface area contributed by atoms with E-state index in [1.807, 2.05) is 12.1 Å². The molecule has 0 amide bonds. The Labute approximate surface area is 146 Å². The number of para-hydroxylation sites is 1. The number of carbonyl (C=O) groups excluding carboxylic acids is 1. The predicted molar refractivity (Wildman–Crippen MR) is 94.7 cm³/mol. The Balaban J connectivity index is 2.12. The molecule has 0 aliphatic heterocycles. The molecule has 118 valence electrons. The minimum atomic E-state index is -0.549. The Morgan fingerprint density at radius 2 is 1.96 bits per heavy atom. The molecule has 1 heterocycles. The number of hydrogen-bond donors (Lipinski definition) is 0. The smallest absolute Gasteiger partial charge is 0.344 e. The van der Waals surface area contributed by atoms with Crippen LogP contribution in [0.4, 0.5) is 0 Å². The maximum atomic E-state index is 12.3. The lowest BCUT2D eigenvalue weighted by atomic mass is 10.0. The Kier molecular flexibility index (Phi) is 4.50. The zero-order valence-corrected chi connectivity index (χ0v) is 14.0. The molecule has 3 rings (SSSR count). The number of terminal acetylenes is 1. The Morgan fingerprint density at radius 1 is 1.17 bits per heavy atom. The lowest BCUT2D eigenvalue weighted by Gasteiger charge is -2.08. The molecule has 0 atom stereocenters. The van der Waals surface area contributed by atoms with Crippen LogP contribution in [0.5, 0.6) is 0 Å². The predicted octanol–water partition coefficient (Wildman–Crippen LogP) is 4.01. The zero-order valence-electron chi connectivity index (χ0n) is 12.4. The topological polar surface area (TPSA) is 56.5 Å². The van der Waals surface area contributed by atoms with Gasteiger partial charge in [-0.3, -0.25) is 0 Å². The van der Waals surface area contributed by atoms with Gasteiger partial charge in [0.25, 0.3) is 0 Å². The van der Waals surface area contributed by atoms with Crippen molar-refractivity contribution in [3.8, 4) is 23.5 Å². The molecule has 0 saturated carbocycles. The highest BCUT2D eigenvalue weighted by Gasteiger charge is 2.15. The maximum Gasteiger partial charge on any atom is 0.344 e. The summed E-state index contributed by atoms with van der Waals surface area (Å²) in [5, 5.41) is 0.791. The number of esters is 1. The number of rotatable bonds is 3. The molecule has 0 spiro atoms. The lowest BCUT2D eigenvalue weighted by molar-refractivity contribution is 0.0557. The number of halogens is 1. The van der Waals surface area contributed by atoms with Crippen molar-refractivity contribution in [1.82, 2.24) is 0 Å². The van der Waals surface area contributed by atoms with Gasteiger partial charge in [-0.2, -0.15) is 0 Å². The van der Waals surface area contributed by atoms with E-state index in [-0.39, 0.29) is 6.61 Å². The first-order chi connectivity index (χ1) is 11.6. The maximum absolute atomic E-state index is 12.3. The molecule has 0 N–H and O–H groups in total. The first-order valence-electron chi connectivity index (χ1n) is 7.03. The van der Waals surface area contributed by atoms with Crippen molar-refractivity contribution in [1.29, 1.82) is 0 Å². The second-order valence-electron chi connectivity index (χ2n) is 4.96. The summed E-state index contributed by atoms with van der Waals surface area (Å²) in [6.45, 7) is -0.109. The summed E-state index contributed by atoms with van der Waals surface area (Å²) in [7, 11) is 0. The third kappa shape index (κ3) is 3.10. The van der Waals surface area contributed by atoms with Gasteiger partial charge >= 0.3 is 11.6 Å². The van der Waals surface area contributed by atoms with E-state index >= 15 is 0 Å². The molecule has 0 aliphatic rings.